The normalized spacial score (nSPS) is 15.9. The summed E-state index contributed by atoms with van der Waals surface area (Å²) in [6, 6.07) is 22.6. The van der Waals surface area contributed by atoms with E-state index in [0.29, 0.717) is 34.9 Å². The zero-order valence-electron chi connectivity index (χ0n) is 32.8. The largest absolute Gasteiger partial charge is 0.545 e. The molecular weight excluding hydrogens is 753 g/mol. The van der Waals surface area contributed by atoms with Gasteiger partial charge < -0.3 is 35.6 Å². The first kappa shape index (κ1) is 39.2. The Morgan fingerprint density at radius 3 is 2.54 bits per heavy atom. The number of nitrogen functional groups attached to an aromatic ring is 1. The topological polar surface area (TPSA) is 165 Å². The quantitative estimate of drug-likeness (QED) is 0.0842. The van der Waals surface area contributed by atoms with Crippen molar-refractivity contribution in [2.45, 2.75) is 32.2 Å². The molecule has 3 heterocycles. The van der Waals surface area contributed by atoms with Crippen molar-refractivity contribution in [3.63, 3.8) is 0 Å². The van der Waals surface area contributed by atoms with Gasteiger partial charge in [-0.2, -0.15) is 21.7 Å². The maximum absolute atomic E-state index is 12.9. The van der Waals surface area contributed by atoms with Crippen LogP contribution in [0, 0.1) is 0 Å². The lowest BCUT2D eigenvalue weighted by Gasteiger charge is -2.41. The van der Waals surface area contributed by atoms with Crippen LogP contribution in [-0.4, -0.2) is 89.9 Å². The summed E-state index contributed by atoms with van der Waals surface area (Å²) >= 11 is 1.65. The van der Waals surface area contributed by atoms with Gasteiger partial charge in [-0.1, -0.05) is 61.1 Å². The van der Waals surface area contributed by atoms with Crippen LogP contribution in [0.3, 0.4) is 0 Å². The third-order valence-electron chi connectivity index (χ3n) is 10.5. The van der Waals surface area contributed by atoms with Gasteiger partial charge in [0.25, 0.3) is 0 Å². The highest BCUT2D eigenvalue weighted by atomic mass is 32.2. The lowest BCUT2D eigenvalue weighted by molar-refractivity contribution is -0.462. The monoisotopic (exact) mass is 798 g/mol. The summed E-state index contributed by atoms with van der Waals surface area (Å²) in [6.07, 6.45) is 9.03. The molecule has 0 bridgehead atoms. The second-order valence-corrected chi connectivity index (χ2v) is 20.2. The minimum absolute atomic E-state index is 0.00812. The van der Waals surface area contributed by atoms with Crippen molar-refractivity contribution in [3.8, 4) is 5.88 Å². The third kappa shape index (κ3) is 8.28. The number of nitrogens with two attached hydrogens (primary N) is 1. The zero-order chi connectivity index (χ0) is 40.3. The van der Waals surface area contributed by atoms with Crippen LogP contribution in [-0.2, 0) is 17.9 Å². The fourth-order valence-electron chi connectivity index (χ4n) is 7.48. The molecule has 2 aromatic heterocycles. The lowest BCUT2D eigenvalue weighted by atomic mass is 9.87. The van der Waals surface area contributed by atoms with Gasteiger partial charge >= 0.3 is 0 Å². The number of carboxylic acid groups (broad SMARTS) is 1. The number of hydrogen-bond acceptors (Lipinski definition) is 10. The highest BCUT2D eigenvalue weighted by molar-refractivity contribution is 7.99. The standard InChI is InChI=1S/C43H46N8O4SSi/c1-50(2)29-15-17-33-35(21-29)57(5,36-22-30(51(3)4)16-18-34(36)38(33)31-9-6-7-10-32(31)42(53)54)20-8-19-56-25-37(52)45-23-27-11-13-28(14-12-27)24-55-41-39-40(47-26-46-39)48-43(44)49-41/h6-7,9-18,21-22,26H,8,19-20,23-25H2,1-5H3,(H4-,44,45,46,47,48,49,52,53,54). The number of ether oxygens (including phenoxy) is 1. The number of benzene rings is 3. The van der Waals surface area contributed by atoms with Crippen molar-refractivity contribution in [2.75, 3.05) is 50.3 Å². The number of thioether (sulfide) groups is 1. The van der Waals surface area contributed by atoms with Crippen molar-refractivity contribution in [1.29, 1.82) is 0 Å². The molecule has 5 aromatic rings. The average molecular weight is 799 g/mol. The number of imidazole rings is 1. The van der Waals surface area contributed by atoms with E-state index >= 15 is 0 Å². The molecule has 57 heavy (non-hydrogen) atoms. The number of fused-ring (bicyclic) bond motifs is 3. The Balaban J connectivity index is 1.01. The number of aromatic carboxylic acids is 1. The van der Waals surface area contributed by atoms with Crippen LogP contribution in [0.15, 0.2) is 102 Å². The molecule has 2 aliphatic rings. The number of carbonyl (C=O) groups excluding carboxylic acids is 2. The molecule has 1 aliphatic carbocycles. The molecule has 1 aliphatic heterocycles. The van der Waals surface area contributed by atoms with Crippen LogP contribution in [0.2, 0.25) is 12.6 Å². The number of aromatic nitrogens is 4. The van der Waals surface area contributed by atoms with Crippen molar-refractivity contribution in [2.24, 2.45) is 0 Å². The van der Waals surface area contributed by atoms with Crippen LogP contribution >= 0.6 is 11.8 Å². The number of rotatable bonds is 14. The maximum Gasteiger partial charge on any atom is 0.245 e. The van der Waals surface area contributed by atoms with Gasteiger partial charge in [0.1, 0.15) is 34.3 Å². The number of aromatic amines is 1. The van der Waals surface area contributed by atoms with Gasteiger partial charge in [0.15, 0.2) is 11.4 Å². The van der Waals surface area contributed by atoms with Crippen LogP contribution in [0.1, 0.15) is 39.0 Å². The van der Waals surface area contributed by atoms with E-state index in [2.05, 4.69) is 77.7 Å². The predicted octanol–water partition coefficient (Wildman–Crippen LogP) is 4.23. The number of amides is 1. The van der Waals surface area contributed by atoms with Crippen LogP contribution < -0.4 is 31.0 Å². The number of allylic oxidation sites excluding steroid dienone is 5. The molecule has 1 atom stereocenters. The number of H-pyrrole nitrogens is 1. The summed E-state index contributed by atoms with van der Waals surface area (Å²) in [7, 11) is 5.77. The van der Waals surface area contributed by atoms with Crippen LogP contribution in [0.25, 0.3) is 16.7 Å². The molecule has 0 saturated carbocycles. The summed E-state index contributed by atoms with van der Waals surface area (Å²) in [4.78, 5) is 42.8. The number of carbonyl (C=O) groups is 2. The molecule has 4 N–H and O–H groups in total. The van der Waals surface area contributed by atoms with Gasteiger partial charge in [-0.3, -0.25) is 4.79 Å². The minimum atomic E-state index is -2.41. The third-order valence-corrected chi connectivity index (χ3v) is 16.1. The summed E-state index contributed by atoms with van der Waals surface area (Å²) in [6.45, 7) is 3.15. The molecule has 0 radical (unpaired) electrons. The molecule has 1 amide bonds. The Morgan fingerprint density at radius 2 is 1.79 bits per heavy atom. The fraction of sp³-hybridized carbons (Fsp3) is 0.256. The van der Waals surface area contributed by atoms with Gasteiger partial charge in [0.2, 0.25) is 17.7 Å². The molecule has 292 valence electrons. The van der Waals surface area contributed by atoms with Gasteiger partial charge in [0, 0.05) is 44.0 Å². The first-order valence-electron chi connectivity index (χ1n) is 18.8. The summed E-state index contributed by atoms with van der Waals surface area (Å²) < 4.78 is 8.01. The van der Waals surface area contributed by atoms with Crippen LogP contribution in [0.5, 0.6) is 5.88 Å². The van der Waals surface area contributed by atoms with E-state index in [1.807, 2.05) is 64.6 Å². The van der Waals surface area contributed by atoms with Gasteiger partial charge in [0.05, 0.1) is 18.0 Å². The summed E-state index contributed by atoms with van der Waals surface area (Å²) in [5.74, 6) is 0.446. The summed E-state index contributed by atoms with van der Waals surface area (Å²) in [5, 5.41) is 18.0. The van der Waals surface area contributed by atoms with Crippen molar-refractivity contribution in [3.05, 3.63) is 130 Å². The predicted molar refractivity (Wildman–Crippen MR) is 229 cm³/mol. The average Bonchev–Trinajstić information content (AvgIpc) is 3.68. The minimum Gasteiger partial charge on any atom is -0.545 e. The molecule has 0 unspecified atom stereocenters. The number of hydrogen-bond donors (Lipinski definition) is 3. The second-order valence-electron chi connectivity index (χ2n) is 14.8. The Morgan fingerprint density at radius 1 is 1.02 bits per heavy atom. The molecule has 14 heteroatoms. The second kappa shape index (κ2) is 16.6. The number of nitrogens with one attached hydrogen (secondary N) is 2. The van der Waals surface area contributed by atoms with E-state index in [1.165, 1.54) is 16.7 Å². The number of carboxylic acids is 1. The highest BCUT2D eigenvalue weighted by Crippen LogP contribution is 2.44. The Labute approximate surface area is 337 Å². The zero-order valence-corrected chi connectivity index (χ0v) is 34.6. The van der Waals surface area contributed by atoms with E-state index in [-0.39, 0.29) is 24.0 Å². The van der Waals surface area contributed by atoms with E-state index in [9.17, 15) is 14.7 Å². The fourth-order valence-corrected chi connectivity index (χ4v) is 12.8. The van der Waals surface area contributed by atoms with Crippen molar-refractivity contribution in [1.82, 2.24) is 25.3 Å². The number of nitrogens with zero attached hydrogens (tertiary/aromatic N) is 5. The van der Waals surface area contributed by atoms with Crippen molar-refractivity contribution < 1.29 is 24.0 Å². The van der Waals surface area contributed by atoms with E-state index in [4.69, 9.17) is 10.5 Å². The van der Waals surface area contributed by atoms with Crippen molar-refractivity contribution >= 4 is 71.0 Å². The molecule has 0 spiro atoms. The number of anilines is 2. The van der Waals surface area contributed by atoms with Gasteiger partial charge in [-0.15, -0.1) is 0 Å². The Kier molecular flexibility index (Phi) is 11.4. The molecular formula is C43H46N8O4SSi. The van der Waals surface area contributed by atoms with E-state index in [0.717, 1.165) is 57.5 Å². The summed E-state index contributed by atoms with van der Waals surface area (Å²) in [5.41, 5.74) is 14.9. The van der Waals surface area contributed by atoms with E-state index < -0.39 is 14.0 Å². The van der Waals surface area contributed by atoms with Crippen LogP contribution in [0.4, 0.5) is 11.6 Å². The molecule has 0 fully saturated rings. The first-order valence-corrected chi connectivity index (χ1v) is 22.6. The molecule has 0 saturated heterocycles. The maximum atomic E-state index is 12.9. The molecule has 7 rings (SSSR count). The molecule has 3 aromatic carbocycles. The smallest absolute Gasteiger partial charge is 0.245 e. The Hall–Kier alpha value is -5.99. The van der Waals surface area contributed by atoms with Gasteiger partial charge in [-0.05, 0) is 80.2 Å². The van der Waals surface area contributed by atoms with Gasteiger partial charge in [-0.25, -0.2) is 9.56 Å². The molecule has 12 nitrogen and oxygen atoms in total. The van der Waals surface area contributed by atoms with E-state index in [1.54, 1.807) is 23.9 Å². The SMILES string of the molecule is CN(C)c1ccc2c(c1)[Si@](C)(CCCSCC(=O)NCc1ccc(COc3nc(N)nc4nc[nH]c34)cc1)C1=CC(=[N+](C)C)C=CC1=C2c1ccccc1C(=O)[O-]. The highest BCUT2D eigenvalue weighted by Gasteiger charge is 2.43. The Bertz CT molecular complexity index is 2490. The first-order chi connectivity index (χ1) is 27.4. The lowest BCUT2D eigenvalue weighted by Crippen LogP contribution is -2.52.